The Morgan fingerprint density at radius 3 is 2.17 bits per heavy atom. The molecule has 0 spiro atoms. The lowest BCUT2D eigenvalue weighted by atomic mass is 10.2. The summed E-state index contributed by atoms with van der Waals surface area (Å²) < 4.78 is 10.7. The highest BCUT2D eigenvalue weighted by Gasteiger charge is 2.03. The molecule has 0 unspecified atom stereocenters. The summed E-state index contributed by atoms with van der Waals surface area (Å²) in [4.78, 5) is 0. The molecule has 0 aliphatic carbocycles. The van der Waals surface area contributed by atoms with E-state index in [9.17, 15) is 0 Å². The second-order valence-corrected chi connectivity index (χ2v) is 3.94. The van der Waals surface area contributed by atoms with Crippen molar-refractivity contribution in [2.75, 3.05) is 7.11 Å². The van der Waals surface area contributed by atoms with Gasteiger partial charge in [0, 0.05) is 6.07 Å². The zero-order chi connectivity index (χ0) is 13.0. The number of hydrogen-bond acceptors (Lipinski definition) is 3. The minimum absolute atomic E-state index is 0.378. The van der Waals surface area contributed by atoms with Gasteiger partial charge in [0.25, 0.3) is 0 Å². The van der Waals surface area contributed by atoms with E-state index in [4.69, 9.17) is 26.3 Å². The minimum atomic E-state index is 0.378. The van der Waals surface area contributed by atoms with Gasteiger partial charge >= 0.3 is 0 Å². The third-order valence-electron chi connectivity index (χ3n) is 2.36. The van der Waals surface area contributed by atoms with E-state index in [2.05, 4.69) is 0 Å². The molecule has 0 saturated carbocycles. The third kappa shape index (κ3) is 2.73. The number of benzene rings is 2. The van der Waals surface area contributed by atoms with Gasteiger partial charge in [-0.2, -0.15) is 5.26 Å². The van der Waals surface area contributed by atoms with Crippen LogP contribution in [0.5, 0.6) is 17.2 Å². The molecule has 0 fully saturated rings. The summed E-state index contributed by atoms with van der Waals surface area (Å²) in [6.07, 6.45) is 0. The van der Waals surface area contributed by atoms with E-state index in [-0.39, 0.29) is 0 Å². The average molecular weight is 260 g/mol. The Labute approximate surface area is 110 Å². The standard InChI is InChI=1S/C14H10ClNO2/c1-17-11-4-6-12(7-5-11)18-13-3-2-10(9-16)14(15)8-13/h2-8H,1H3. The Balaban J connectivity index is 2.18. The molecule has 0 aliphatic rings. The fraction of sp³-hybridized carbons (Fsp3) is 0.0714. The Bertz CT molecular complexity index is 588. The molecule has 2 aromatic carbocycles. The van der Waals surface area contributed by atoms with Crippen molar-refractivity contribution in [2.45, 2.75) is 0 Å². The predicted molar refractivity (Wildman–Crippen MR) is 69.2 cm³/mol. The summed E-state index contributed by atoms with van der Waals surface area (Å²) >= 11 is 5.92. The van der Waals surface area contributed by atoms with E-state index in [1.807, 2.05) is 6.07 Å². The zero-order valence-electron chi connectivity index (χ0n) is 9.68. The van der Waals surface area contributed by atoms with Gasteiger partial charge in [-0.05, 0) is 36.4 Å². The van der Waals surface area contributed by atoms with E-state index >= 15 is 0 Å². The van der Waals surface area contributed by atoms with Crippen molar-refractivity contribution in [1.29, 1.82) is 5.26 Å². The van der Waals surface area contributed by atoms with Crippen LogP contribution in [0, 0.1) is 11.3 Å². The molecule has 2 aromatic rings. The second-order valence-electron chi connectivity index (χ2n) is 3.53. The van der Waals surface area contributed by atoms with Gasteiger partial charge < -0.3 is 9.47 Å². The summed E-state index contributed by atoms with van der Waals surface area (Å²) in [6.45, 7) is 0. The van der Waals surface area contributed by atoms with E-state index in [0.29, 0.717) is 22.1 Å². The summed E-state index contributed by atoms with van der Waals surface area (Å²) in [5.41, 5.74) is 0.429. The van der Waals surface area contributed by atoms with Crippen molar-refractivity contribution in [3.05, 3.63) is 53.1 Å². The van der Waals surface area contributed by atoms with Gasteiger partial charge in [0.1, 0.15) is 23.3 Å². The first-order valence-electron chi connectivity index (χ1n) is 5.24. The van der Waals surface area contributed by atoms with Gasteiger partial charge in [-0.25, -0.2) is 0 Å². The molecule has 0 saturated heterocycles. The molecule has 90 valence electrons. The highest BCUT2D eigenvalue weighted by atomic mass is 35.5. The fourth-order valence-electron chi connectivity index (χ4n) is 1.43. The average Bonchev–Trinajstić information content (AvgIpc) is 2.40. The second kappa shape index (κ2) is 5.44. The Kier molecular flexibility index (Phi) is 3.71. The topological polar surface area (TPSA) is 42.2 Å². The van der Waals surface area contributed by atoms with E-state index < -0.39 is 0 Å². The van der Waals surface area contributed by atoms with Crippen LogP contribution in [0.1, 0.15) is 5.56 Å². The number of nitrogens with zero attached hydrogens (tertiary/aromatic N) is 1. The maximum Gasteiger partial charge on any atom is 0.129 e. The molecule has 0 atom stereocenters. The number of rotatable bonds is 3. The first-order chi connectivity index (χ1) is 8.72. The van der Waals surface area contributed by atoms with Crippen LogP contribution in [0.2, 0.25) is 5.02 Å². The van der Waals surface area contributed by atoms with Gasteiger partial charge in [0.2, 0.25) is 0 Å². The van der Waals surface area contributed by atoms with Crippen LogP contribution in [0.15, 0.2) is 42.5 Å². The summed E-state index contributed by atoms with van der Waals surface area (Å²) in [5.74, 6) is 2.03. The monoisotopic (exact) mass is 259 g/mol. The molecule has 0 bridgehead atoms. The van der Waals surface area contributed by atoms with Crippen molar-refractivity contribution < 1.29 is 9.47 Å². The number of hydrogen-bond donors (Lipinski definition) is 0. The highest BCUT2D eigenvalue weighted by molar-refractivity contribution is 6.31. The quantitative estimate of drug-likeness (QED) is 0.836. The Hall–Kier alpha value is -2.18. The summed E-state index contributed by atoms with van der Waals surface area (Å²) in [5, 5.41) is 9.15. The van der Waals surface area contributed by atoms with Crippen LogP contribution < -0.4 is 9.47 Å². The molecule has 3 nitrogen and oxygen atoms in total. The van der Waals surface area contributed by atoms with Crippen LogP contribution >= 0.6 is 11.6 Å². The van der Waals surface area contributed by atoms with Gasteiger partial charge in [0.05, 0.1) is 17.7 Å². The first kappa shape index (κ1) is 12.3. The van der Waals surface area contributed by atoms with E-state index in [0.717, 1.165) is 5.75 Å². The molecular weight excluding hydrogens is 250 g/mol. The lowest BCUT2D eigenvalue weighted by molar-refractivity contribution is 0.413. The smallest absolute Gasteiger partial charge is 0.129 e. The van der Waals surface area contributed by atoms with E-state index in [1.165, 1.54) is 0 Å². The van der Waals surface area contributed by atoms with Gasteiger partial charge in [-0.1, -0.05) is 11.6 Å². The largest absolute Gasteiger partial charge is 0.497 e. The van der Waals surface area contributed by atoms with Gasteiger partial charge in [-0.3, -0.25) is 0 Å². The number of nitriles is 1. The molecule has 18 heavy (non-hydrogen) atoms. The van der Waals surface area contributed by atoms with Crippen molar-refractivity contribution in [1.82, 2.24) is 0 Å². The molecule has 2 rings (SSSR count). The van der Waals surface area contributed by atoms with E-state index in [1.54, 1.807) is 49.6 Å². The molecular formula is C14H10ClNO2. The maximum atomic E-state index is 8.77. The first-order valence-corrected chi connectivity index (χ1v) is 5.62. The Morgan fingerprint density at radius 2 is 1.61 bits per heavy atom. The lowest BCUT2D eigenvalue weighted by Gasteiger charge is -2.07. The molecule has 0 heterocycles. The molecule has 0 aliphatic heterocycles. The Morgan fingerprint density at radius 1 is 1.00 bits per heavy atom. The van der Waals surface area contributed by atoms with Crippen LogP contribution in [0.3, 0.4) is 0 Å². The fourth-order valence-corrected chi connectivity index (χ4v) is 1.64. The normalized spacial score (nSPS) is 9.61. The SMILES string of the molecule is COc1ccc(Oc2ccc(C#N)c(Cl)c2)cc1. The van der Waals surface area contributed by atoms with Crippen molar-refractivity contribution in [3.63, 3.8) is 0 Å². The maximum absolute atomic E-state index is 8.77. The third-order valence-corrected chi connectivity index (χ3v) is 2.67. The predicted octanol–water partition coefficient (Wildman–Crippen LogP) is 4.01. The van der Waals surface area contributed by atoms with Gasteiger partial charge in [-0.15, -0.1) is 0 Å². The zero-order valence-corrected chi connectivity index (χ0v) is 10.4. The van der Waals surface area contributed by atoms with Crippen molar-refractivity contribution in [3.8, 4) is 23.3 Å². The summed E-state index contributed by atoms with van der Waals surface area (Å²) in [6, 6.07) is 14.1. The van der Waals surface area contributed by atoms with Gasteiger partial charge in [0.15, 0.2) is 0 Å². The molecule has 0 aromatic heterocycles. The van der Waals surface area contributed by atoms with Crippen LogP contribution in [-0.2, 0) is 0 Å². The summed E-state index contributed by atoms with van der Waals surface area (Å²) in [7, 11) is 1.61. The van der Waals surface area contributed by atoms with Crippen molar-refractivity contribution in [2.24, 2.45) is 0 Å². The number of halogens is 1. The molecule has 0 radical (unpaired) electrons. The van der Waals surface area contributed by atoms with Crippen molar-refractivity contribution >= 4 is 11.6 Å². The van der Waals surface area contributed by atoms with Crippen LogP contribution in [0.25, 0.3) is 0 Å². The number of methoxy groups -OCH3 is 1. The van der Waals surface area contributed by atoms with Crippen LogP contribution in [-0.4, -0.2) is 7.11 Å². The molecule has 4 heteroatoms. The van der Waals surface area contributed by atoms with Crippen LogP contribution in [0.4, 0.5) is 0 Å². The lowest BCUT2D eigenvalue weighted by Crippen LogP contribution is -1.86. The minimum Gasteiger partial charge on any atom is -0.497 e. The highest BCUT2D eigenvalue weighted by Crippen LogP contribution is 2.27. The molecule has 0 amide bonds. The number of ether oxygens (including phenoxy) is 2. The molecule has 0 N–H and O–H groups in total.